The van der Waals surface area contributed by atoms with E-state index in [0.717, 1.165) is 10.8 Å². The van der Waals surface area contributed by atoms with Crippen LogP contribution in [0, 0.1) is 5.41 Å². The Morgan fingerprint density at radius 2 is 1.68 bits per heavy atom. The van der Waals surface area contributed by atoms with E-state index in [4.69, 9.17) is 22.6 Å². The molecule has 3 aromatic carbocycles. The minimum atomic E-state index is -4.41. The molecule has 3 aromatic rings. The van der Waals surface area contributed by atoms with E-state index in [9.17, 15) is 17.8 Å². The van der Waals surface area contributed by atoms with Crippen LogP contribution in [0.1, 0.15) is 21.5 Å². The van der Waals surface area contributed by atoms with Crippen molar-refractivity contribution in [3.8, 4) is 0 Å². The summed E-state index contributed by atoms with van der Waals surface area (Å²) in [5, 5.41) is 11.9. The number of guanidine groups is 1. The lowest BCUT2D eigenvalue weighted by Gasteiger charge is -2.11. The molecule has 1 amide bonds. The number of rotatable bonds is 6. The molecule has 31 heavy (non-hydrogen) atoms. The minimum absolute atomic E-state index is 0.0365. The standard InChI is InChI=1S/C20H20N6O4S/c21-18(22)13-2-1-12-8-15(4-3-11(12)7-13)25-19(27)17-6-5-16(26-20(23)24)9-14(17)10-31(28,29)30/h1-9H,10H2,(H3,21,22)(H,25,27)(H4,23,24,26)(H,28,29,30). The van der Waals surface area contributed by atoms with Gasteiger partial charge in [-0.15, -0.1) is 0 Å². The molecule has 0 aliphatic rings. The molecule has 11 heteroatoms. The van der Waals surface area contributed by atoms with Gasteiger partial charge in [0.1, 0.15) is 11.6 Å². The third kappa shape index (κ3) is 5.56. The van der Waals surface area contributed by atoms with Gasteiger partial charge in [0.25, 0.3) is 16.0 Å². The lowest BCUT2D eigenvalue weighted by atomic mass is 10.0. The van der Waals surface area contributed by atoms with E-state index in [1.54, 1.807) is 36.4 Å². The number of anilines is 1. The maximum Gasteiger partial charge on any atom is 0.269 e. The van der Waals surface area contributed by atoms with E-state index in [0.29, 0.717) is 11.3 Å². The maximum atomic E-state index is 12.8. The molecule has 160 valence electrons. The predicted molar refractivity (Wildman–Crippen MR) is 120 cm³/mol. The third-order valence-electron chi connectivity index (χ3n) is 4.34. The summed E-state index contributed by atoms with van der Waals surface area (Å²) in [5.41, 5.74) is 17.5. The van der Waals surface area contributed by atoms with Crippen molar-refractivity contribution in [2.75, 3.05) is 5.32 Å². The van der Waals surface area contributed by atoms with E-state index in [-0.39, 0.29) is 28.6 Å². The maximum absolute atomic E-state index is 12.8. The Kier molecular flexibility index (Phi) is 5.90. The van der Waals surface area contributed by atoms with E-state index in [1.807, 2.05) is 0 Å². The van der Waals surface area contributed by atoms with Crippen LogP contribution in [0.25, 0.3) is 10.8 Å². The van der Waals surface area contributed by atoms with Crippen molar-refractivity contribution in [3.63, 3.8) is 0 Å². The zero-order valence-corrected chi connectivity index (χ0v) is 17.0. The van der Waals surface area contributed by atoms with Gasteiger partial charge in [0.2, 0.25) is 0 Å². The first-order chi connectivity index (χ1) is 14.5. The van der Waals surface area contributed by atoms with Crippen LogP contribution in [0.15, 0.2) is 59.6 Å². The van der Waals surface area contributed by atoms with Gasteiger partial charge in [0, 0.05) is 16.8 Å². The molecule has 0 aromatic heterocycles. The molecule has 10 nitrogen and oxygen atoms in total. The molecule has 0 saturated heterocycles. The number of nitrogens with zero attached hydrogens (tertiary/aromatic N) is 1. The number of hydrogen-bond acceptors (Lipinski definition) is 5. The van der Waals surface area contributed by atoms with Crippen molar-refractivity contribution in [2.45, 2.75) is 5.75 Å². The fraction of sp³-hybridized carbons (Fsp3) is 0.0500. The number of nitrogens with one attached hydrogen (secondary N) is 2. The van der Waals surface area contributed by atoms with Crippen molar-refractivity contribution >= 4 is 50.0 Å². The second-order valence-corrected chi connectivity index (χ2v) is 8.20. The Morgan fingerprint density at radius 3 is 2.32 bits per heavy atom. The Labute approximate surface area is 178 Å². The molecular weight excluding hydrogens is 420 g/mol. The van der Waals surface area contributed by atoms with Gasteiger partial charge in [0.05, 0.1) is 5.69 Å². The molecule has 0 aliphatic heterocycles. The summed E-state index contributed by atoms with van der Waals surface area (Å²) in [6, 6.07) is 14.5. The van der Waals surface area contributed by atoms with Crippen molar-refractivity contribution in [1.82, 2.24) is 0 Å². The summed E-state index contributed by atoms with van der Waals surface area (Å²) in [4.78, 5) is 16.6. The van der Waals surface area contributed by atoms with Gasteiger partial charge in [0.15, 0.2) is 5.96 Å². The van der Waals surface area contributed by atoms with Gasteiger partial charge in [-0.05, 0) is 52.7 Å². The highest BCUT2D eigenvalue weighted by Gasteiger charge is 2.17. The van der Waals surface area contributed by atoms with E-state index in [2.05, 4.69) is 10.3 Å². The van der Waals surface area contributed by atoms with Crippen LogP contribution >= 0.6 is 0 Å². The number of fused-ring (bicyclic) bond motifs is 1. The summed E-state index contributed by atoms with van der Waals surface area (Å²) in [5.74, 6) is -1.64. The summed E-state index contributed by atoms with van der Waals surface area (Å²) >= 11 is 0. The molecule has 9 N–H and O–H groups in total. The van der Waals surface area contributed by atoms with Gasteiger partial charge in [-0.3, -0.25) is 14.8 Å². The predicted octanol–water partition coefficient (Wildman–Crippen LogP) is 1.67. The number of nitrogens with two attached hydrogens (primary N) is 3. The molecule has 0 fully saturated rings. The average molecular weight is 440 g/mol. The Balaban J connectivity index is 1.94. The van der Waals surface area contributed by atoms with E-state index < -0.39 is 21.8 Å². The molecule has 0 heterocycles. The van der Waals surface area contributed by atoms with Crippen LogP contribution in [0.4, 0.5) is 11.4 Å². The van der Waals surface area contributed by atoms with Gasteiger partial charge in [-0.1, -0.05) is 18.2 Å². The van der Waals surface area contributed by atoms with Gasteiger partial charge >= 0.3 is 0 Å². The number of amides is 1. The average Bonchev–Trinajstić information content (AvgIpc) is 2.65. The quantitative estimate of drug-likeness (QED) is 0.190. The zero-order chi connectivity index (χ0) is 22.8. The number of aliphatic imine (C=N–C) groups is 1. The van der Waals surface area contributed by atoms with Crippen molar-refractivity contribution < 1.29 is 17.8 Å². The van der Waals surface area contributed by atoms with Crippen LogP contribution in [-0.2, 0) is 15.9 Å². The largest absolute Gasteiger partial charge is 0.384 e. The van der Waals surface area contributed by atoms with Gasteiger partial charge in [-0.25, -0.2) is 4.99 Å². The third-order valence-corrected chi connectivity index (χ3v) is 5.01. The van der Waals surface area contributed by atoms with Gasteiger partial charge < -0.3 is 22.5 Å². The molecule has 0 radical (unpaired) electrons. The first kappa shape index (κ1) is 21.7. The lowest BCUT2D eigenvalue weighted by Crippen LogP contribution is -2.22. The first-order valence-corrected chi connectivity index (χ1v) is 10.5. The monoisotopic (exact) mass is 440 g/mol. The SMILES string of the molecule is N=C(N)c1ccc2cc(NC(=O)c3ccc(N=C(N)N)cc3CS(=O)(=O)O)ccc2c1. The summed E-state index contributed by atoms with van der Waals surface area (Å²) in [6.07, 6.45) is 0. The summed E-state index contributed by atoms with van der Waals surface area (Å²) < 4.78 is 32.1. The highest BCUT2D eigenvalue weighted by molar-refractivity contribution is 7.85. The van der Waals surface area contributed by atoms with Crippen LogP contribution < -0.4 is 22.5 Å². The van der Waals surface area contributed by atoms with Crippen molar-refractivity contribution in [2.24, 2.45) is 22.2 Å². The summed E-state index contributed by atoms with van der Waals surface area (Å²) in [7, 11) is -4.41. The highest BCUT2D eigenvalue weighted by Crippen LogP contribution is 2.24. The Hall–Kier alpha value is -3.96. The molecular formula is C20H20N6O4S. The normalized spacial score (nSPS) is 11.1. The Morgan fingerprint density at radius 1 is 1.00 bits per heavy atom. The molecule has 0 spiro atoms. The topological polar surface area (TPSA) is 198 Å². The van der Waals surface area contributed by atoms with E-state index >= 15 is 0 Å². The first-order valence-electron chi connectivity index (χ1n) is 8.89. The lowest BCUT2D eigenvalue weighted by molar-refractivity contribution is 0.102. The van der Waals surface area contributed by atoms with Crippen LogP contribution in [0.2, 0.25) is 0 Å². The molecule has 0 aliphatic carbocycles. The van der Waals surface area contributed by atoms with Crippen LogP contribution in [0.3, 0.4) is 0 Å². The molecule has 0 saturated carbocycles. The van der Waals surface area contributed by atoms with Crippen LogP contribution in [-0.4, -0.2) is 30.7 Å². The smallest absolute Gasteiger partial charge is 0.269 e. The zero-order valence-electron chi connectivity index (χ0n) is 16.2. The number of benzene rings is 3. The summed E-state index contributed by atoms with van der Waals surface area (Å²) in [6.45, 7) is 0. The van der Waals surface area contributed by atoms with Crippen molar-refractivity contribution in [3.05, 3.63) is 71.3 Å². The number of amidine groups is 1. The van der Waals surface area contributed by atoms with E-state index in [1.165, 1.54) is 18.2 Å². The molecule has 0 atom stereocenters. The van der Waals surface area contributed by atoms with Crippen molar-refractivity contribution in [1.29, 1.82) is 5.41 Å². The fourth-order valence-electron chi connectivity index (χ4n) is 3.03. The fourth-order valence-corrected chi connectivity index (χ4v) is 3.66. The number of carbonyl (C=O) groups excluding carboxylic acids is 1. The number of nitrogen functional groups attached to an aromatic ring is 1. The highest BCUT2D eigenvalue weighted by atomic mass is 32.2. The van der Waals surface area contributed by atoms with Crippen LogP contribution in [0.5, 0.6) is 0 Å². The second-order valence-electron chi connectivity index (χ2n) is 6.75. The minimum Gasteiger partial charge on any atom is -0.384 e. The molecule has 3 rings (SSSR count). The number of hydrogen-bond donors (Lipinski definition) is 6. The Bertz CT molecular complexity index is 1330. The van der Waals surface area contributed by atoms with Gasteiger partial charge in [-0.2, -0.15) is 8.42 Å². The second kappa shape index (κ2) is 8.42. The molecule has 0 unspecified atom stereocenters. The molecule has 0 bridgehead atoms. The number of carbonyl (C=O) groups is 1.